The monoisotopic (exact) mass is 337 g/mol. The second-order valence-electron chi connectivity index (χ2n) is 5.96. The molecule has 1 aromatic rings. The van der Waals surface area contributed by atoms with Gasteiger partial charge in [-0.05, 0) is 36.5 Å². The fourth-order valence-electron chi connectivity index (χ4n) is 2.82. The van der Waals surface area contributed by atoms with E-state index in [-0.39, 0.29) is 5.91 Å². The minimum atomic E-state index is 0.151. The van der Waals surface area contributed by atoms with E-state index in [1.807, 2.05) is 11.9 Å². The molecule has 1 atom stereocenters. The van der Waals surface area contributed by atoms with Crippen molar-refractivity contribution >= 4 is 23.2 Å². The van der Waals surface area contributed by atoms with E-state index in [0.717, 1.165) is 38.7 Å². The molecule has 1 aliphatic rings. The zero-order valence-electron chi connectivity index (χ0n) is 14.5. The third kappa shape index (κ3) is 4.68. The van der Waals surface area contributed by atoms with Gasteiger partial charge in [0.2, 0.25) is 5.91 Å². The molecule has 1 unspecified atom stereocenters. The Hall–Kier alpha value is -1.60. The molecular formula is C16H27N5OS. The molecule has 1 amide bonds. The Morgan fingerprint density at radius 3 is 2.48 bits per heavy atom. The van der Waals surface area contributed by atoms with Gasteiger partial charge in [-0.15, -0.1) is 0 Å². The molecule has 0 saturated carbocycles. The van der Waals surface area contributed by atoms with Gasteiger partial charge in [-0.3, -0.25) is 9.79 Å². The first-order valence-corrected chi connectivity index (χ1v) is 8.87. The number of aliphatic imine (C=N–C) groups is 1. The first kappa shape index (κ1) is 17.7. The van der Waals surface area contributed by atoms with Gasteiger partial charge in [-0.25, -0.2) is 0 Å². The molecule has 1 N–H and O–H groups in total. The summed E-state index contributed by atoms with van der Waals surface area (Å²) < 4.78 is 0. The highest BCUT2D eigenvalue weighted by molar-refractivity contribution is 7.07. The smallest absolute Gasteiger partial charge is 0.219 e. The van der Waals surface area contributed by atoms with Crippen molar-refractivity contribution in [3.05, 3.63) is 22.4 Å². The third-order valence-electron chi connectivity index (χ3n) is 4.24. The van der Waals surface area contributed by atoms with E-state index >= 15 is 0 Å². The second-order valence-corrected chi connectivity index (χ2v) is 6.74. The van der Waals surface area contributed by atoms with Gasteiger partial charge in [-0.2, -0.15) is 11.3 Å². The molecule has 0 spiro atoms. The summed E-state index contributed by atoms with van der Waals surface area (Å²) >= 11 is 1.72. The number of guanidine groups is 1. The van der Waals surface area contributed by atoms with Crippen molar-refractivity contribution in [2.45, 2.75) is 13.0 Å². The number of likely N-dealkylation sites (N-methyl/N-ethyl adjacent to an activating group) is 1. The summed E-state index contributed by atoms with van der Waals surface area (Å²) in [7, 11) is 6.01. The van der Waals surface area contributed by atoms with Crippen LogP contribution in [0.3, 0.4) is 0 Å². The molecule has 23 heavy (non-hydrogen) atoms. The van der Waals surface area contributed by atoms with Crippen LogP contribution in [-0.4, -0.2) is 80.4 Å². The third-order valence-corrected chi connectivity index (χ3v) is 4.94. The summed E-state index contributed by atoms with van der Waals surface area (Å²) in [4.78, 5) is 22.2. The van der Waals surface area contributed by atoms with E-state index in [2.05, 4.69) is 51.0 Å². The zero-order chi connectivity index (χ0) is 16.8. The standard InChI is InChI=1S/C16H27N5OS/c1-13(22)20-6-8-21(9-7-20)16(17-2)18-11-15(19(3)4)14-5-10-23-12-14/h5,10,12,15H,6-9,11H2,1-4H3,(H,17,18). The van der Waals surface area contributed by atoms with Gasteiger partial charge in [0.05, 0.1) is 6.04 Å². The van der Waals surface area contributed by atoms with E-state index in [1.165, 1.54) is 5.56 Å². The predicted molar refractivity (Wildman–Crippen MR) is 95.9 cm³/mol. The quantitative estimate of drug-likeness (QED) is 0.660. The first-order chi connectivity index (χ1) is 11.0. The van der Waals surface area contributed by atoms with Gasteiger partial charge in [-0.1, -0.05) is 0 Å². The molecule has 128 valence electrons. The van der Waals surface area contributed by atoms with Crippen LogP contribution in [0, 0.1) is 0 Å². The number of hydrogen-bond acceptors (Lipinski definition) is 4. The molecule has 0 aromatic carbocycles. The minimum absolute atomic E-state index is 0.151. The Balaban J connectivity index is 1.91. The van der Waals surface area contributed by atoms with Crippen LogP contribution in [-0.2, 0) is 4.79 Å². The van der Waals surface area contributed by atoms with E-state index in [0.29, 0.717) is 6.04 Å². The number of carbonyl (C=O) groups is 1. The number of hydrogen-bond donors (Lipinski definition) is 1. The maximum absolute atomic E-state index is 11.4. The Kier molecular flexibility index (Phi) is 6.41. The molecule has 0 bridgehead atoms. The number of thiophene rings is 1. The summed E-state index contributed by atoms with van der Waals surface area (Å²) in [5.74, 6) is 1.06. The normalized spacial score (nSPS) is 17.5. The van der Waals surface area contributed by atoms with Crippen LogP contribution in [0.2, 0.25) is 0 Å². The van der Waals surface area contributed by atoms with Crippen LogP contribution in [0.4, 0.5) is 0 Å². The Morgan fingerprint density at radius 2 is 2.00 bits per heavy atom. The zero-order valence-corrected chi connectivity index (χ0v) is 15.3. The fraction of sp³-hybridized carbons (Fsp3) is 0.625. The van der Waals surface area contributed by atoms with E-state index in [1.54, 1.807) is 18.3 Å². The van der Waals surface area contributed by atoms with Crippen molar-refractivity contribution in [1.82, 2.24) is 20.0 Å². The number of nitrogens with zero attached hydrogens (tertiary/aromatic N) is 4. The highest BCUT2D eigenvalue weighted by Gasteiger charge is 2.22. The SMILES string of the molecule is CN=C(NCC(c1ccsc1)N(C)C)N1CCN(C(C)=O)CC1. The Bertz CT molecular complexity index is 521. The largest absolute Gasteiger partial charge is 0.354 e. The number of carbonyl (C=O) groups excluding carboxylic acids is 1. The molecule has 1 aliphatic heterocycles. The summed E-state index contributed by atoms with van der Waals surface area (Å²) in [6.45, 7) is 5.61. The number of piperazine rings is 1. The molecule has 1 saturated heterocycles. The molecule has 6 nitrogen and oxygen atoms in total. The Labute approximate surface area is 142 Å². The maximum Gasteiger partial charge on any atom is 0.219 e. The minimum Gasteiger partial charge on any atom is -0.354 e. The van der Waals surface area contributed by atoms with Crippen molar-refractivity contribution in [2.24, 2.45) is 4.99 Å². The average molecular weight is 337 g/mol. The number of amides is 1. The lowest BCUT2D eigenvalue weighted by Gasteiger charge is -2.36. The molecule has 0 aliphatic carbocycles. The van der Waals surface area contributed by atoms with E-state index in [9.17, 15) is 4.79 Å². The topological polar surface area (TPSA) is 51.2 Å². The second kappa shape index (κ2) is 8.31. The van der Waals surface area contributed by atoms with Gasteiger partial charge in [0.25, 0.3) is 0 Å². The first-order valence-electron chi connectivity index (χ1n) is 7.92. The summed E-state index contributed by atoms with van der Waals surface area (Å²) in [6, 6.07) is 2.49. The summed E-state index contributed by atoms with van der Waals surface area (Å²) in [6.07, 6.45) is 0. The van der Waals surface area contributed by atoms with Crippen LogP contribution in [0.25, 0.3) is 0 Å². The molecule has 1 aromatic heterocycles. The van der Waals surface area contributed by atoms with E-state index < -0.39 is 0 Å². The highest BCUT2D eigenvalue weighted by atomic mass is 32.1. The van der Waals surface area contributed by atoms with Crippen molar-refractivity contribution in [1.29, 1.82) is 0 Å². The lowest BCUT2D eigenvalue weighted by Crippen LogP contribution is -2.54. The molecule has 1 fully saturated rings. The van der Waals surface area contributed by atoms with Crippen molar-refractivity contribution in [2.75, 3.05) is 53.9 Å². The van der Waals surface area contributed by atoms with Crippen LogP contribution < -0.4 is 5.32 Å². The summed E-state index contributed by atoms with van der Waals surface area (Å²) in [5.41, 5.74) is 1.32. The Morgan fingerprint density at radius 1 is 1.35 bits per heavy atom. The van der Waals surface area contributed by atoms with Gasteiger partial charge < -0.3 is 20.0 Å². The van der Waals surface area contributed by atoms with Gasteiger partial charge in [0, 0.05) is 46.7 Å². The number of nitrogens with one attached hydrogen (secondary N) is 1. The van der Waals surface area contributed by atoms with E-state index in [4.69, 9.17) is 0 Å². The van der Waals surface area contributed by atoms with Crippen molar-refractivity contribution in [3.8, 4) is 0 Å². The average Bonchev–Trinajstić information content (AvgIpc) is 3.05. The fourth-order valence-corrected chi connectivity index (χ4v) is 3.52. The van der Waals surface area contributed by atoms with Crippen molar-refractivity contribution < 1.29 is 4.79 Å². The van der Waals surface area contributed by atoms with Crippen LogP contribution >= 0.6 is 11.3 Å². The van der Waals surface area contributed by atoms with Crippen LogP contribution in [0.5, 0.6) is 0 Å². The summed E-state index contributed by atoms with van der Waals surface area (Å²) in [5, 5.41) is 7.80. The lowest BCUT2D eigenvalue weighted by molar-refractivity contribution is -0.130. The lowest BCUT2D eigenvalue weighted by atomic mass is 10.1. The van der Waals surface area contributed by atoms with Crippen LogP contribution in [0.1, 0.15) is 18.5 Å². The van der Waals surface area contributed by atoms with Gasteiger partial charge >= 0.3 is 0 Å². The maximum atomic E-state index is 11.4. The van der Waals surface area contributed by atoms with Crippen LogP contribution in [0.15, 0.2) is 21.8 Å². The molecule has 2 heterocycles. The predicted octanol–water partition coefficient (Wildman–Crippen LogP) is 1.09. The molecule has 2 rings (SSSR count). The van der Waals surface area contributed by atoms with Crippen molar-refractivity contribution in [3.63, 3.8) is 0 Å². The highest BCUT2D eigenvalue weighted by Crippen LogP contribution is 2.20. The molecular weight excluding hydrogens is 310 g/mol. The van der Waals surface area contributed by atoms with Gasteiger partial charge in [0.1, 0.15) is 0 Å². The number of rotatable bonds is 4. The van der Waals surface area contributed by atoms with Gasteiger partial charge in [0.15, 0.2) is 5.96 Å². The molecule has 7 heteroatoms. The molecule has 0 radical (unpaired) electrons.